The highest BCUT2D eigenvalue weighted by molar-refractivity contribution is 5.79. The van der Waals surface area contributed by atoms with Crippen LogP contribution in [0.2, 0.25) is 0 Å². The number of allylic oxidation sites excluding steroid dienone is 1. The van der Waals surface area contributed by atoms with Crippen molar-refractivity contribution in [1.29, 1.82) is 0 Å². The maximum Gasteiger partial charge on any atom is 0.317 e. The van der Waals surface area contributed by atoms with Crippen LogP contribution < -0.4 is 0 Å². The molecule has 2 saturated heterocycles. The summed E-state index contributed by atoms with van der Waals surface area (Å²) in [5.41, 5.74) is -2.48. The Morgan fingerprint density at radius 2 is 1.59 bits per heavy atom. The molecule has 0 aromatic carbocycles. The number of carbonyl (C=O) groups excluding carboxylic acids is 2. The topological polar surface area (TPSA) is 192 Å². The highest BCUT2D eigenvalue weighted by Crippen LogP contribution is 2.77. The van der Waals surface area contributed by atoms with Crippen molar-refractivity contribution in [1.82, 2.24) is 0 Å². The number of aliphatic hydroxyl groups is 6. The molecule has 0 bridgehead atoms. The molecule has 6 fully saturated rings. The molecule has 0 aromatic rings. The third-order valence-electron chi connectivity index (χ3n) is 15.3. The predicted octanol–water partition coefficient (Wildman–Crippen LogP) is 1.85. The predicted molar refractivity (Wildman–Crippen MR) is 174 cm³/mol. The van der Waals surface area contributed by atoms with E-state index in [9.17, 15) is 40.2 Å². The van der Waals surface area contributed by atoms with Crippen molar-refractivity contribution in [2.24, 2.45) is 51.2 Å². The Hall–Kier alpha value is -1.64. The maximum absolute atomic E-state index is 14.5. The van der Waals surface area contributed by atoms with E-state index in [-0.39, 0.29) is 48.9 Å². The number of hydrogen-bond acceptors (Lipinski definition) is 12. The molecular weight excluding hydrogens is 636 g/mol. The molecular formula is C37H58O12. The Morgan fingerprint density at radius 1 is 0.918 bits per heavy atom. The monoisotopic (exact) mass is 694 g/mol. The van der Waals surface area contributed by atoms with Crippen molar-refractivity contribution in [3.8, 4) is 0 Å². The van der Waals surface area contributed by atoms with Gasteiger partial charge in [-0.3, -0.25) is 9.59 Å². The van der Waals surface area contributed by atoms with Crippen molar-refractivity contribution in [2.75, 3.05) is 13.7 Å². The molecule has 6 aliphatic rings. The molecule has 12 nitrogen and oxygen atoms in total. The number of carbonyl (C=O) groups is 2. The van der Waals surface area contributed by atoms with Gasteiger partial charge in [0.2, 0.25) is 6.29 Å². The molecule has 2 heterocycles. The summed E-state index contributed by atoms with van der Waals surface area (Å²) in [7, 11) is 1.37. The van der Waals surface area contributed by atoms with Crippen LogP contribution in [-0.4, -0.2) is 111 Å². The van der Waals surface area contributed by atoms with Crippen molar-refractivity contribution < 1.29 is 59.2 Å². The van der Waals surface area contributed by atoms with Gasteiger partial charge >= 0.3 is 11.9 Å². The van der Waals surface area contributed by atoms with Gasteiger partial charge in [-0.25, -0.2) is 0 Å². The molecule has 4 aliphatic carbocycles. The summed E-state index contributed by atoms with van der Waals surface area (Å²) in [6, 6.07) is 0. The van der Waals surface area contributed by atoms with Crippen LogP contribution in [0.3, 0.4) is 0 Å². The highest BCUT2D eigenvalue weighted by Gasteiger charge is 2.77. The van der Waals surface area contributed by atoms with Crippen LogP contribution in [-0.2, 0) is 28.5 Å². The zero-order chi connectivity index (χ0) is 36.2. The van der Waals surface area contributed by atoms with E-state index >= 15 is 0 Å². The van der Waals surface area contributed by atoms with Gasteiger partial charge in [0, 0.05) is 5.41 Å². The third-order valence-corrected chi connectivity index (χ3v) is 15.3. The van der Waals surface area contributed by atoms with Crippen LogP contribution in [0.5, 0.6) is 0 Å². The molecule has 2 aliphatic heterocycles. The van der Waals surface area contributed by atoms with Crippen molar-refractivity contribution in [3.63, 3.8) is 0 Å². The van der Waals surface area contributed by atoms with Gasteiger partial charge in [0.25, 0.3) is 0 Å². The van der Waals surface area contributed by atoms with E-state index < -0.39 is 94.8 Å². The van der Waals surface area contributed by atoms with Crippen molar-refractivity contribution in [3.05, 3.63) is 12.2 Å². The SMILES string of the molecule is C=C(C)[C@@H]1C[C@H](O)[C@]2(C(=O)O[C@@H]3O[C@H](CO)[C@@H](O)[C@H](O)[C@H]3O)CC[C@]3(C)[C@H](C[C@@H](O)[C@@H]4[C@@]5(C)[C@@H](CC(=O)OC)OC(C)(C)[C@@H]5CC[C@]43C)[C@@H]12. The zero-order valence-corrected chi connectivity index (χ0v) is 30.0. The minimum absolute atomic E-state index is 0.0891. The van der Waals surface area contributed by atoms with Gasteiger partial charge in [-0.15, -0.1) is 0 Å². The summed E-state index contributed by atoms with van der Waals surface area (Å²) in [6.07, 6.45) is -7.20. The zero-order valence-electron chi connectivity index (χ0n) is 30.0. The second kappa shape index (κ2) is 12.2. The molecule has 6 rings (SSSR count). The number of methoxy groups -OCH3 is 1. The summed E-state index contributed by atoms with van der Waals surface area (Å²) in [5, 5.41) is 65.4. The Morgan fingerprint density at radius 3 is 2.20 bits per heavy atom. The Kier molecular flexibility index (Phi) is 9.26. The Labute approximate surface area is 289 Å². The lowest BCUT2D eigenvalue weighted by Crippen LogP contribution is -2.70. The lowest BCUT2D eigenvalue weighted by atomic mass is 9.33. The van der Waals surface area contributed by atoms with Crippen molar-refractivity contribution >= 4 is 11.9 Å². The standard InChI is InChI=1S/C37H58O12/c1-17(2)18-13-23(40)37(32(45)48-31-29(44)28(43)27(42)21(16-38)47-31)12-11-34(5)19(26(18)37)14-20(39)30-35(34,6)10-9-22-33(3,4)49-24(36(22,30)7)15-25(41)46-8/h18-24,26-31,38-40,42-44H,1,9-16H2,2-8H3/t18-,19+,20+,21+,22-,23-,24+,26+,27+,28-,29+,30-,31-,34+,35+,36+,37+/m0/s1. The lowest BCUT2D eigenvalue weighted by Gasteiger charge is -2.71. The second-order valence-electron chi connectivity index (χ2n) is 17.5. The van der Waals surface area contributed by atoms with E-state index in [2.05, 4.69) is 41.2 Å². The first-order valence-electron chi connectivity index (χ1n) is 18.0. The van der Waals surface area contributed by atoms with Gasteiger partial charge in [0.05, 0.1) is 49.5 Å². The maximum atomic E-state index is 14.5. The highest BCUT2D eigenvalue weighted by atomic mass is 16.7. The molecule has 0 unspecified atom stereocenters. The number of hydrogen-bond donors (Lipinski definition) is 6. The lowest BCUT2D eigenvalue weighted by molar-refractivity contribution is -0.301. The van der Waals surface area contributed by atoms with Crippen LogP contribution in [0.25, 0.3) is 0 Å². The van der Waals surface area contributed by atoms with E-state index in [1.54, 1.807) is 0 Å². The van der Waals surface area contributed by atoms with Crippen LogP contribution in [0.1, 0.15) is 86.5 Å². The van der Waals surface area contributed by atoms with Crippen molar-refractivity contribution in [2.45, 2.75) is 141 Å². The van der Waals surface area contributed by atoms with E-state index in [0.29, 0.717) is 12.8 Å². The first-order chi connectivity index (χ1) is 22.8. The van der Waals surface area contributed by atoms with Crippen LogP contribution in [0.15, 0.2) is 12.2 Å². The van der Waals surface area contributed by atoms with Gasteiger partial charge < -0.3 is 49.6 Å². The smallest absolute Gasteiger partial charge is 0.317 e. The van der Waals surface area contributed by atoms with Gasteiger partial charge in [0.1, 0.15) is 24.4 Å². The quantitative estimate of drug-likeness (QED) is 0.175. The molecule has 12 heteroatoms. The number of esters is 2. The summed E-state index contributed by atoms with van der Waals surface area (Å²) in [6.45, 7) is 16.3. The van der Waals surface area contributed by atoms with E-state index in [1.807, 2.05) is 6.92 Å². The molecule has 17 atom stereocenters. The number of ether oxygens (including phenoxy) is 4. The van der Waals surface area contributed by atoms with Gasteiger partial charge in [-0.05, 0) is 99.7 Å². The summed E-state index contributed by atoms with van der Waals surface area (Å²) < 4.78 is 23.1. The molecule has 4 saturated carbocycles. The summed E-state index contributed by atoms with van der Waals surface area (Å²) in [5.74, 6) is -2.21. The Balaban J connectivity index is 1.39. The minimum atomic E-state index is -1.77. The molecule has 6 N–H and O–H groups in total. The summed E-state index contributed by atoms with van der Waals surface area (Å²) in [4.78, 5) is 27.2. The van der Waals surface area contributed by atoms with Crippen LogP contribution >= 0.6 is 0 Å². The number of rotatable bonds is 6. The fourth-order valence-corrected chi connectivity index (χ4v) is 12.9. The number of aliphatic hydroxyl groups excluding tert-OH is 6. The fourth-order valence-electron chi connectivity index (χ4n) is 12.9. The molecule has 49 heavy (non-hydrogen) atoms. The second-order valence-corrected chi connectivity index (χ2v) is 17.5. The first-order valence-corrected chi connectivity index (χ1v) is 18.0. The van der Waals surface area contributed by atoms with E-state index in [4.69, 9.17) is 18.9 Å². The van der Waals surface area contributed by atoms with E-state index in [1.165, 1.54) is 7.11 Å². The normalized spacial score (nSPS) is 53.0. The number of fused-ring (bicyclic) bond motifs is 7. The van der Waals surface area contributed by atoms with Gasteiger partial charge in [-0.2, -0.15) is 0 Å². The minimum Gasteiger partial charge on any atom is -0.469 e. The molecule has 0 spiro atoms. The average Bonchev–Trinajstić information content (AvgIpc) is 3.44. The first kappa shape index (κ1) is 37.1. The fraction of sp³-hybridized carbons (Fsp3) is 0.892. The summed E-state index contributed by atoms with van der Waals surface area (Å²) >= 11 is 0. The average molecular weight is 695 g/mol. The molecule has 0 radical (unpaired) electrons. The van der Waals surface area contributed by atoms with Crippen LogP contribution in [0.4, 0.5) is 0 Å². The Bertz CT molecular complexity index is 1330. The molecule has 0 amide bonds. The third kappa shape index (κ3) is 4.98. The largest absolute Gasteiger partial charge is 0.469 e. The molecule has 278 valence electrons. The van der Waals surface area contributed by atoms with Gasteiger partial charge in [0.15, 0.2) is 0 Å². The van der Waals surface area contributed by atoms with Gasteiger partial charge in [-0.1, -0.05) is 32.9 Å². The van der Waals surface area contributed by atoms with E-state index in [0.717, 1.165) is 18.4 Å². The van der Waals surface area contributed by atoms with Crippen LogP contribution in [0, 0.1) is 51.2 Å². The molecule has 0 aromatic heterocycles.